The minimum absolute atomic E-state index is 0.0415. The van der Waals surface area contributed by atoms with Crippen LogP contribution in [0.1, 0.15) is 18.9 Å². The van der Waals surface area contributed by atoms with Crippen LogP contribution in [0.25, 0.3) is 0 Å². The molecule has 1 aromatic rings. The van der Waals surface area contributed by atoms with E-state index in [1.54, 1.807) is 4.90 Å². The van der Waals surface area contributed by atoms with Crippen molar-refractivity contribution in [1.29, 1.82) is 0 Å². The van der Waals surface area contributed by atoms with Gasteiger partial charge >= 0.3 is 6.18 Å². The molecule has 0 spiro atoms. The van der Waals surface area contributed by atoms with E-state index >= 15 is 0 Å². The lowest BCUT2D eigenvalue weighted by molar-refractivity contribution is -0.137. The first-order chi connectivity index (χ1) is 8.25. The molecule has 1 fully saturated rings. The molecular formula is C11H13BrF3N3. The van der Waals surface area contributed by atoms with E-state index in [1.807, 2.05) is 6.92 Å². The van der Waals surface area contributed by atoms with Crippen LogP contribution in [0.5, 0.6) is 0 Å². The summed E-state index contributed by atoms with van der Waals surface area (Å²) in [7, 11) is 0. The summed E-state index contributed by atoms with van der Waals surface area (Å²) in [6.45, 7) is 2.74. The van der Waals surface area contributed by atoms with Crippen LogP contribution in [0.2, 0.25) is 0 Å². The molecule has 0 aromatic carbocycles. The van der Waals surface area contributed by atoms with Gasteiger partial charge in [0, 0.05) is 23.8 Å². The Balaban J connectivity index is 2.30. The van der Waals surface area contributed by atoms with Crippen LogP contribution < -0.4 is 10.6 Å². The highest BCUT2D eigenvalue weighted by Crippen LogP contribution is 2.39. The molecule has 0 saturated carbocycles. The standard InChI is InChI=1S/C11H13BrF3N3/c1-2-10(16)5-18(6-10)9-8(11(13,14)15)3-7(12)4-17-9/h3-4H,2,5-6,16H2,1H3. The molecule has 18 heavy (non-hydrogen) atoms. The van der Waals surface area contributed by atoms with E-state index in [1.165, 1.54) is 6.20 Å². The Hall–Kier alpha value is -0.820. The second-order valence-electron chi connectivity index (χ2n) is 4.59. The third-order valence-corrected chi connectivity index (χ3v) is 3.59. The summed E-state index contributed by atoms with van der Waals surface area (Å²) in [5, 5.41) is 0. The average molecular weight is 324 g/mol. The minimum atomic E-state index is -4.41. The highest BCUT2D eigenvalue weighted by Gasteiger charge is 2.43. The number of hydrogen-bond acceptors (Lipinski definition) is 3. The Labute approximate surface area is 111 Å². The van der Waals surface area contributed by atoms with Crippen LogP contribution in [0.4, 0.5) is 19.0 Å². The lowest BCUT2D eigenvalue weighted by atomic mass is 9.88. The molecule has 1 aromatic heterocycles. The summed E-state index contributed by atoms with van der Waals surface area (Å²) in [5.41, 5.74) is 4.84. The zero-order chi connectivity index (χ0) is 13.6. The second-order valence-corrected chi connectivity index (χ2v) is 5.51. The van der Waals surface area contributed by atoms with Gasteiger partial charge in [0.1, 0.15) is 5.82 Å². The topological polar surface area (TPSA) is 42.1 Å². The molecule has 2 N–H and O–H groups in total. The zero-order valence-corrected chi connectivity index (χ0v) is 11.3. The van der Waals surface area contributed by atoms with E-state index in [4.69, 9.17) is 5.73 Å². The third kappa shape index (κ3) is 2.47. The molecule has 1 saturated heterocycles. The van der Waals surface area contributed by atoms with Crippen molar-refractivity contribution < 1.29 is 13.2 Å². The molecule has 7 heteroatoms. The number of nitrogens with zero attached hydrogens (tertiary/aromatic N) is 2. The number of nitrogens with two attached hydrogens (primary N) is 1. The summed E-state index contributed by atoms with van der Waals surface area (Å²) in [5.74, 6) is -0.0415. The van der Waals surface area contributed by atoms with Gasteiger partial charge in [0.05, 0.1) is 11.1 Å². The van der Waals surface area contributed by atoms with Crippen LogP contribution in [-0.4, -0.2) is 23.6 Å². The van der Waals surface area contributed by atoms with Crippen LogP contribution in [0.15, 0.2) is 16.7 Å². The van der Waals surface area contributed by atoms with Crippen molar-refractivity contribution in [2.24, 2.45) is 5.73 Å². The number of rotatable bonds is 2. The fraction of sp³-hybridized carbons (Fsp3) is 0.545. The fourth-order valence-corrected chi connectivity index (χ4v) is 2.31. The molecule has 0 amide bonds. The van der Waals surface area contributed by atoms with E-state index in [0.717, 1.165) is 12.5 Å². The Morgan fingerprint density at radius 2 is 2.11 bits per heavy atom. The second kappa shape index (κ2) is 4.38. The lowest BCUT2D eigenvalue weighted by Crippen LogP contribution is -2.67. The Morgan fingerprint density at radius 1 is 1.50 bits per heavy atom. The molecule has 0 radical (unpaired) electrons. The van der Waals surface area contributed by atoms with E-state index in [0.29, 0.717) is 17.6 Å². The van der Waals surface area contributed by atoms with Crippen molar-refractivity contribution in [3.05, 3.63) is 22.3 Å². The van der Waals surface area contributed by atoms with Gasteiger partial charge < -0.3 is 10.6 Å². The van der Waals surface area contributed by atoms with Gasteiger partial charge in [0.15, 0.2) is 0 Å². The molecule has 100 valence electrons. The van der Waals surface area contributed by atoms with Gasteiger partial charge in [-0.3, -0.25) is 0 Å². The highest BCUT2D eigenvalue weighted by molar-refractivity contribution is 9.10. The summed E-state index contributed by atoms with van der Waals surface area (Å²) >= 11 is 3.01. The largest absolute Gasteiger partial charge is 0.419 e. The maximum atomic E-state index is 12.9. The quantitative estimate of drug-likeness (QED) is 0.910. The normalized spacial score (nSPS) is 18.7. The SMILES string of the molecule is CCC1(N)CN(c2ncc(Br)cc2C(F)(F)F)C1. The Bertz CT molecular complexity index is 455. The molecule has 0 unspecified atom stereocenters. The number of hydrogen-bond donors (Lipinski definition) is 1. The van der Waals surface area contributed by atoms with Crippen molar-refractivity contribution in [3.8, 4) is 0 Å². The van der Waals surface area contributed by atoms with Gasteiger partial charge in [-0.15, -0.1) is 0 Å². The van der Waals surface area contributed by atoms with E-state index in [2.05, 4.69) is 20.9 Å². The number of halogens is 4. The zero-order valence-electron chi connectivity index (χ0n) is 9.76. The molecule has 2 rings (SSSR count). The van der Waals surface area contributed by atoms with E-state index in [9.17, 15) is 13.2 Å². The molecule has 1 aliphatic rings. The molecule has 1 aliphatic heterocycles. The predicted molar refractivity (Wildman–Crippen MR) is 66.4 cm³/mol. The van der Waals surface area contributed by atoms with Crippen molar-refractivity contribution in [2.45, 2.75) is 25.1 Å². The van der Waals surface area contributed by atoms with Gasteiger partial charge in [-0.2, -0.15) is 13.2 Å². The van der Waals surface area contributed by atoms with E-state index < -0.39 is 17.3 Å². The van der Waals surface area contributed by atoms with Gasteiger partial charge in [-0.25, -0.2) is 4.98 Å². The van der Waals surface area contributed by atoms with Crippen LogP contribution >= 0.6 is 15.9 Å². The number of alkyl halides is 3. The number of anilines is 1. The lowest BCUT2D eigenvalue weighted by Gasteiger charge is -2.48. The van der Waals surface area contributed by atoms with Crippen molar-refractivity contribution in [3.63, 3.8) is 0 Å². The first-order valence-corrected chi connectivity index (χ1v) is 6.31. The van der Waals surface area contributed by atoms with Crippen molar-refractivity contribution in [1.82, 2.24) is 4.98 Å². The Kier molecular flexibility index (Phi) is 3.31. The van der Waals surface area contributed by atoms with Gasteiger partial charge in [0.2, 0.25) is 0 Å². The summed E-state index contributed by atoms with van der Waals surface area (Å²) in [6.07, 6.45) is -2.31. The molecular weight excluding hydrogens is 311 g/mol. The van der Waals surface area contributed by atoms with Gasteiger partial charge in [-0.1, -0.05) is 6.92 Å². The predicted octanol–water partition coefficient (Wildman–Crippen LogP) is 2.79. The molecule has 3 nitrogen and oxygen atoms in total. The van der Waals surface area contributed by atoms with E-state index in [-0.39, 0.29) is 5.82 Å². The molecule has 2 heterocycles. The maximum absolute atomic E-state index is 12.9. The Morgan fingerprint density at radius 3 is 2.61 bits per heavy atom. The van der Waals surface area contributed by atoms with Crippen LogP contribution in [0.3, 0.4) is 0 Å². The maximum Gasteiger partial charge on any atom is 0.419 e. The molecule has 0 bridgehead atoms. The minimum Gasteiger partial charge on any atom is -0.352 e. The number of aromatic nitrogens is 1. The smallest absolute Gasteiger partial charge is 0.352 e. The van der Waals surface area contributed by atoms with Gasteiger partial charge in [-0.05, 0) is 28.4 Å². The molecule has 0 atom stereocenters. The first-order valence-electron chi connectivity index (χ1n) is 5.52. The molecule has 0 aliphatic carbocycles. The van der Waals surface area contributed by atoms with Gasteiger partial charge in [0.25, 0.3) is 0 Å². The van der Waals surface area contributed by atoms with Crippen molar-refractivity contribution >= 4 is 21.7 Å². The monoisotopic (exact) mass is 323 g/mol. The summed E-state index contributed by atoms with van der Waals surface area (Å²) in [4.78, 5) is 5.44. The third-order valence-electron chi connectivity index (χ3n) is 3.15. The van der Waals surface area contributed by atoms with Crippen LogP contribution in [-0.2, 0) is 6.18 Å². The van der Waals surface area contributed by atoms with Crippen LogP contribution in [0, 0.1) is 0 Å². The fourth-order valence-electron chi connectivity index (χ4n) is 1.98. The number of pyridine rings is 1. The highest BCUT2D eigenvalue weighted by atomic mass is 79.9. The average Bonchev–Trinajstić information content (AvgIpc) is 2.24. The first kappa shape index (κ1) is 13.6. The summed E-state index contributed by atoms with van der Waals surface area (Å²) in [6, 6.07) is 1.05. The van der Waals surface area contributed by atoms with Crippen molar-refractivity contribution in [2.75, 3.05) is 18.0 Å². The summed E-state index contributed by atoms with van der Waals surface area (Å²) < 4.78 is 39.0.